The topological polar surface area (TPSA) is 76.1 Å². The molecule has 0 aliphatic rings. The number of carbonyl (C=O) groups excluding carboxylic acids is 2. The number of carbonyl (C=O) groups is 2. The average molecular weight is 309 g/mol. The third kappa shape index (κ3) is 7.08. The number of aliphatic hydroxyl groups is 1. The van der Waals surface area contributed by atoms with E-state index in [9.17, 15) is 9.59 Å². The van der Waals surface area contributed by atoms with Crippen molar-refractivity contribution >= 4 is 11.9 Å². The van der Waals surface area contributed by atoms with Gasteiger partial charge in [0.1, 0.15) is 5.75 Å². The van der Waals surface area contributed by atoms with Gasteiger partial charge in [-0.3, -0.25) is 9.59 Å². The summed E-state index contributed by atoms with van der Waals surface area (Å²) in [7, 11) is 1.32. The molecule has 0 saturated carbocycles. The van der Waals surface area contributed by atoms with Crippen LogP contribution in [0.3, 0.4) is 0 Å². The number of para-hydroxylation sites is 1. The Kier molecular flexibility index (Phi) is 8.67. The van der Waals surface area contributed by atoms with Crippen molar-refractivity contribution in [3.8, 4) is 5.75 Å². The van der Waals surface area contributed by atoms with Gasteiger partial charge in [-0.2, -0.15) is 0 Å². The van der Waals surface area contributed by atoms with Gasteiger partial charge in [0.2, 0.25) is 5.91 Å². The molecule has 0 unspecified atom stereocenters. The summed E-state index contributed by atoms with van der Waals surface area (Å²) < 4.78 is 10.1. The first kappa shape index (κ1) is 18.0. The number of benzene rings is 1. The van der Waals surface area contributed by atoms with Crippen LogP contribution in [-0.4, -0.2) is 55.3 Å². The highest BCUT2D eigenvalue weighted by atomic mass is 16.5. The van der Waals surface area contributed by atoms with Gasteiger partial charge in [0.05, 0.1) is 26.6 Å². The molecule has 6 heteroatoms. The smallest absolute Gasteiger partial charge is 0.307 e. The summed E-state index contributed by atoms with van der Waals surface area (Å²) in [4.78, 5) is 24.9. The summed E-state index contributed by atoms with van der Waals surface area (Å²) >= 11 is 0. The molecule has 0 spiro atoms. The molecule has 0 heterocycles. The zero-order chi connectivity index (χ0) is 16.2. The molecule has 6 nitrogen and oxygen atoms in total. The third-order valence-electron chi connectivity index (χ3n) is 3.08. The maximum Gasteiger partial charge on any atom is 0.307 e. The SMILES string of the molecule is COC(=O)CCN(CCCO)C(=O)CCOc1ccccc1. The Morgan fingerprint density at radius 2 is 1.86 bits per heavy atom. The predicted octanol–water partition coefficient (Wildman–Crippen LogP) is 1.23. The quantitative estimate of drug-likeness (QED) is 0.658. The van der Waals surface area contributed by atoms with Gasteiger partial charge < -0.3 is 19.5 Å². The first-order valence-electron chi connectivity index (χ1n) is 7.30. The van der Waals surface area contributed by atoms with Crippen LogP contribution in [0.5, 0.6) is 5.75 Å². The van der Waals surface area contributed by atoms with Gasteiger partial charge in [0.25, 0.3) is 0 Å². The standard InChI is InChI=1S/C16H23NO5/c1-21-16(20)8-11-17(10-5-12-18)15(19)9-13-22-14-6-3-2-4-7-14/h2-4,6-7,18H,5,8-13H2,1H3. The minimum Gasteiger partial charge on any atom is -0.493 e. The molecule has 0 aromatic heterocycles. The molecule has 0 aliphatic heterocycles. The van der Waals surface area contributed by atoms with Crippen molar-refractivity contribution in [2.24, 2.45) is 0 Å². The maximum absolute atomic E-state index is 12.2. The molecule has 0 aliphatic carbocycles. The molecule has 1 rings (SSSR count). The van der Waals surface area contributed by atoms with Gasteiger partial charge in [-0.15, -0.1) is 0 Å². The van der Waals surface area contributed by atoms with E-state index in [-0.39, 0.29) is 44.5 Å². The summed E-state index contributed by atoms with van der Waals surface area (Å²) in [5.41, 5.74) is 0. The Hall–Kier alpha value is -2.08. The number of rotatable bonds is 10. The van der Waals surface area contributed by atoms with Crippen LogP contribution in [0.15, 0.2) is 30.3 Å². The van der Waals surface area contributed by atoms with Gasteiger partial charge in [-0.1, -0.05) is 18.2 Å². The van der Waals surface area contributed by atoms with E-state index in [1.165, 1.54) is 7.11 Å². The largest absolute Gasteiger partial charge is 0.493 e. The number of ether oxygens (including phenoxy) is 2. The second-order valence-electron chi connectivity index (χ2n) is 4.70. The van der Waals surface area contributed by atoms with Crippen LogP contribution in [0.2, 0.25) is 0 Å². The van der Waals surface area contributed by atoms with E-state index in [2.05, 4.69) is 4.74 Å². The van der Waals surface area contributed by atoms with Crippen molar-refractivity contribution in [2.75, 3.05) is 33.4 Å². The second kappa shape index (κ2) is 10.6. The fourth-order valence-electron chi connectivity index (χ4n) is 1.88. The molecule has 0 fully saturated rings. The summed E-state index contributed by atoms with van der Waals surface area (Å²) in [6.07, 6.45) is 0.848. The lowest BCUT2D eigenvalue weighted by Gasteiger charge is -2.22. The Bertz CT molecular complexity index is 449. The van der Waals surface area contributed by atoms with Crippen LogP contribution in [0.1, 0.15) is 19.3 Å². The van der Waals surface area contributed by atoms with E-state index in [1.807, 2.05) is 30.3 Å². The lowest BCUT2D eigenvalue weighted by Crippen LogP contribution is -2.35. The van der Waals surface area contributed by atoms with Crippen LogP contribution >= 0.6 is 0 Å². The molecule has 1 amide bonds. The number of methoxy groups -OCH3 is 1. The van der Waals surface area contributed by atoms with E-state index in [0.29, 0.717) is 18.7 Å². The fraction of sp³-hybridized carbons (Fsp3) is 0.500. The monoisotopic (exact) mass is 309 g/mol. The summed E-state index contributed by atoms with van der Waals surface area (Å²) in [6, 6.07) is 9.26. The normalized spacial score (nSPS) is 10.1. The number of amides is 1. The minimum atomic E-state index is -0.359. The molecular weight excluding hydrogens is 286 g/mol. The average Bonchev–Trinajstić information content (AvgIpc) is 2.55. The van der Waals surface area contributed by atoms with Crippen molar-refractivity contribution in [2.45, 2.75) is 19.3 Å². The minimum absolute atomic E-state index is 0.00250. The van der Waals surface area contributed by atoms with E-state index in [1.54, 1.807) is 4.90 Å². The molecule has 1 aromatic rings. The summed E-state index contributed by atoms with van der Waals surface area (Å²) in [5, 5.41) is 8.89. The maximum atomic E-state index is 12.2. The van der Waals surface area contributed by atoms with E-state index < -0.39 is 0 Å². The predicted molar refractivity (Wildman–Crippen MR) is 81.5 cm³/mol. The van der Waals surface area contributed by atoms with Crippen LogP contribution in [0, 0.1) is 0 Å². The van der Waals surface area contributed by atoms with Gasteiger partial charge >= 0.3 is 5.97 Å². The number of esters is 1. The van der Waals surface area contributed by atoms with Gasteiger partial charge in [-0.25, -0.2) is 0 Å². The summed E-state index contributed by atoms with van der Waals surface area (Å²) in [5.74, 6) is 0.252. The number of hydrogen-bond acceptors (Lipinski definition) is 5. The van der Waals surface area contributed by atoms with Crippen LogP contribution in [-0.2, 0) is 14.3 Å². The van der Waals surface area contributed by atoms with Crippen molar-refractivity contribution in [3.63, 3.8) is 0 Å². The molecule has 0 radical (unpaired) electrons. The van der Waals surface area contributed by atoms with Crippen LogP contribution < -0.4 is 4.74 Å². The lowest BCUT2D eigenvalue weighted by atomic mass is 10.3. The molecule has 22 heavy (non-hydrogen) atoms. The van der Waals surface area contributed by atoms with E-state index >= 15 is 0 Å². The van der Waals surface area contributed by atoms with Gasteiger partial charge in [0.15, 0.2) is 0 Å². The van der Waals surface area contributed by atoms with Crippen molar-refractivity contribution < 1.29 is 24.2 Å². The number of aliphatic hydroxyl groups excluding tert-OH is 1. The number of nitrogens with zero attached hydrogens (tertiary/aromatic N) is 1. The highest BCUT2D eigenvalue weighted by Crippen LogP contribution is 2.09. The van der Waals surface area contributed by atoms with Crippen molar-refractivity contribution in [1.82, 2.24) is 4.90 Å². The molecule has 0 atom stereocenters. The first-order valence-corrected chi connectivity index (χ1v) is 7.30. The molecular formula is C16H23NO5. The third-order valence-corrected chi connectivity index (χ3v) is 3.08. The highest BCUT2D eigenvalue weighted by Gasteiger charge is 2.15. The zero-order valence-electron chi connectivity index (χ0n) is 12.9. The van der Waals surface area contributed by atoms with Gasteiger partial charge in [-0.05, 0) is 18.6 Å². The Labute approximate surface area is 130 Å². The molecule has 0 saturated heterocycles. The zero-order valence-corrected chi connectivity index (χ0v) is 12.9. The van der Waals surface area contributed by atoms with E-state index in [4.69, 9.17) is 9.84 Å². The lowest BCUT2D eigenvalue weighted by molar-refractivity contribution is -0.141. The Morgan fingerprint density at radius 1 is 1.14 bits per heavy atom. The van der Waals surface area contributed by atoms with E-state index in [0.717, 1.165) is 0 Å². The Balaban J connectivity index is 2.39. The summed E-state index contributed by atoms with van der Waals surface area (Å²) in [6.45, 7) is 0.980. The number of hydrogen-bond donors (Lipinski definition) is 1. The molecule has 1 aromatic carbocycles. The van der Waals surface area contributed by atoms with Crippen LogP contribution in [0.4, 0.5) is 0 Å². The highest BCUT2D eigenvalue weighted by molar-refractivity contribution is 5.77. The fourth-order valence-corrected chi connectivity index (χ4v) is 1.88. The second-order valence-corrected chi connectivity index (χ2v) is 4.70. The van der Waals surface area contributed by atoms with Crippen molar-refractivity contribution in [1.29, 1.82) is 0 Å². The van der Waals surface area contributed by atoms with Crippen molar-refractivity contribution in [3.05, 3.63) is 30.3 Å². The molecule has 1 N–H and O–H groups in total. The Morgan fingerprint density at radius 3 is 2.50 bits per heavy atom. The van der Waals surface area contributed by atoms with Gasteiger partial charge in [0, 0.05) is 19.7 Å². The van der Waals surface area contributed by atoms with Crippen LogP contribution in [0.25, 0.3) is 0 Å². The first-order chi connectivity index (χ1) is 10.7. The molecule has 122 valence electrons. The molecule has 0 bridgehead atoms.